The molecule has 1 aromatic rings. The molecule has 0 unspecified atom stereocenters. The highest BCUT2D eigenvalue weighted by Gasteiger charge is 2.17. The van der Waals surface area contributed by atoms with Gasteiger partial charge in [-0.25, -0.2) is 0 Å². The second-order valence-corrected chi connectivity index (χ2v) is 4.57. The van der Waals surface area contributed by atoms with Crippen LogP contribution in [-0.2, 0) is 4.79 Å². The Morgan fingerprint density at radius 2 is 1.81 bits per heavy atom. The normalized spacial score (nSPS) is 16.4. The minimum absolute atomic E-state index is 0.678. The van der Waals surface area contributed by atoms with Crippen molar-refractivity contribution in [3.05, 3.63) is 28.2 Å². The molecule has 0 N–H and O–H groups in total. The minimum Gasteiger partial charge on any atom is -0.367 e. The van der Waals surface area contributed by atoms with Crippen molar-refractivity contribution in [3.63, 3.8) is 0 Å². The van der Waals surface area contributed by atoms with E-state index in [0.717, 1.165) is 38.3 Å². The monoisotopic (exact) mass is 258 g/mol. The minimum atomic E-state index is 0.678. The third-order valence-corrected chi connectivity index (χ3v) is 3.27. The molecular weight excluding hydrogens is 247 g/mol. The Bertz CT molecular complexity index is 390. The molecule has 0 spiro atoms. The standard InChI is InChI=1S/C11H12Cl2N2O/c12-9-1-2-10(13)11(7-9)15-5-3-14(8-16)4-6-15/h1-2,7-8H,3-6H2. The van der Waals surface area contributed by atoms with E-state index in [-0.39, 0.29) is 0 Å². The summed E-state index contributed by atoms with van der Waals surface area (Å²) in [5.74, 6) is 0. The fourth-order valence-corrected chi connectivity index (χ4v) is 2.20. The zero-order valence-electron chi connectivity index (χ0n) is 8.70. The Labute approximate surface area is 105 Å². The van der Waals surface area contributed by atoms with Crippen LogP contribution in [0, 0.1) is 0 Å². The fraction of sp³-hybridized carbons (Fsp3) is 0.364. The number of piperazine rings is 1. The maximum Gasteiger partial charge on any atom is 0.209 e. The van der Waals surface area contributed by atoms with Crippen LogP contribution in [0.2, 0.25) is 10.0 Å². The number of anilines is 1. The van der Waals surface area contributed by atoms with Gasteiger partial charge in [-0.3, -0.25) is 4.79 Å². The van der Waals surface area contributed by atoms with Crippen molar-refractivity contribution < 1.29 is 4.79 Å². The molecule has 5 heteroatoms. The Morgan fingerprint density at radius 3 is 2.44 bits per heavy atom. The van der Waals surface area contributed by atoms with Gasteiger partial charge in [0.05, 0.1) is 10.7 Å². The molecule has 1 aromatic carbocycles. The highest BCUT2D eigenvalue weighted by atomic mass is 35.5. The molecule has 1 heterocycles. The third-order valence-electron chi connectivity index (χ3n) is 2.71. The van der Waals surface area contributed by atoms with Crippen LogP contribution in [0.15, 0.2) is 18.2 Å². The molecule has 0 radical (unpaired) electrons. The summed E-state index contributed by atoms with van der Waals surface area (Å²) in [7, 11) is 0. The van der Waals surface area contributed by atoms with Gasteiger partial charge in [0.25, 0.3) is 0 Å². The van der Waals surface area contributed by atoms with Crippen LogP contribution in [0.3, 0.4) is 0 Å². The quantitative estimate of drug-likeness (QED) is 0.761. The van der Waals surface area contributed by atoms with E-state index >= 15 is 0 Å². The number of benzene rings is 1. The number of amides is 1. The van der Waals surface area contributed by atoms with Crippen molar-refractivity contribution in [1.82, 2.24) is 4.90 Å². The summed E-state index contributed by atoms with van der Waals surface area (Å²) in [6.45, 7) is 3.04. The summed E-state index contributed by atoms with van der Waals surface area (Å²) in [6, 6.07) is 5.43. The average Bonchev–Trinajstić information content (AvgIpc) is 2.32. The maximum atomic E-state index is 10.6. The van der Waals surface area contributed by atoms with Crippen molar-refractivity contribution in [2.24, 2.45) is 0 Å². The van der Waals surface area contributed by atoms with Crippen LogP contribution >= 0.6 is 23.2 Å². The summed E-state index contributed by atoms with van der Waals surface area (Å²) >= 11 is 12.1. The van der Waals surface area contributed by atoms with Gasteiger partial charge in [-0.05, 0) is 18.2 Å². The first-order chi connectivity index (χ1) is 7.70. The second-order valence-electron chi connectivity index (χ2n) is 3.72. The van der Waals surface area contributed by atoms with Crippen LogP contribution in [0.25, 0.3) is 0 Å². The molecule has 1 aliphatic heterocycles. The number of carbonyl (C=O) groups is 1. The predicted octanol–water partition coefficient (Wildman–Crippen LogP) is 2.27. The van der Waals surface area contributed by atoms with E-state index < -0.39 is 0 Å². The maximum absolute atomic E-state index is 10.6. The first-order valence-electron chi connectivity index (χ1n) is 5.10. The first-order valence-corrected chi connectivity index (χ1v) is 5.85. The van der Waals surface area contributed by atoms with E-state index in [1.807, 2.05) is 6.07 Å². The van der Waals surface area contributed by atoms with Crippen molar-refractivity contribution in [2.75, 3.05) is 31.1 Å². The third kappa shape index (κ3) is 2.42. The SMILES string of the molecule is O=CN1CCN(c2cc(Cl)ccc2Cl)CC1. The lowest BCUT2D eigenvalue weighted by Gasteiger charge is -2.34. The largest absolute Gasteiger partial charge is 0.367 e. The molecule has 16 heavy (non-hydrogen) atoms. The van der Waals surface area contributed by atoms with E-state index in [1.165, 1.54) is 0 Å². The molecular formula is C11H12Cl2N2O. The number of carbonyl (C=O) groups excluding carboxylic acids is 1. The van der Waals surface area contributed by atoms with E-state index in [0.29, 0.717) is 10.0 Å². The molecule has 1 fully saturated rings. The Hall–Kier alpha value is -0.930. The highest BCUT2D eigenvalue weighted by Crippen LogP contribution is 2.29. The number of hydrogen-bond acceptors (Lipinski definition) is 2. The van der Waals surface area contributed by atoms with Crippen molar-refractivity contribution >= 4 is 35.3 Å². The van der Waals surface area contributed by atoms with E-state index in [9.17, 15) is 4.79 Å². The lowest BCUT2D eigenvalue weighted by atomic mass is 10.2. The molecule has 1 amide bonds. The summed E-state index contributed by atoms with van der Waals surface area (Å²) in [4.78, 5) is 14.5. The predicted molar refractivity (Wildman–Crippen MR) is 66.3 cm³/mol. The summed E-state index contributed by atoms with van der Waals surface area (Å²) < 4.78 is 0. The van der Waals surface area contributed by atoms with Crippen molar-refractivity contribution in [1.29, 1.82) is 0 Å². The molecule has 3 nitrogen and oxygen atoms in total. The number of hydrogen-bond donors (Lipinski definition) is 0. The van der Waals surface area contributed by atoms with Crippen LogP contribution in [-0.4, -0.2) is 37.5 Å². The fourth-order valence-electron chi connectivity index (χ4n) is 1.80. The summed E-state index contributed by atoms with van der Waals surface area (Å²) in [5, 5.41) is 1.38. The Balaban J connectivity index is 2.13. The molecule has 0 aliphatic carbocycles. The van der Waals surface area contributed by atoms with Crippen LogP contribution in [0.5, 0.6) is 0 Å². The zero-order valence-corrected chi connectivity index (χ0v) is 10.2. The van der Waals surface area contributed by atoms with Crippen molar-refractivity contribution in [3.8, 4) is 0 Å². The van der Waals surface area contributed by atoms with Gasteiger partial charge in [-0.1, -0.05) is 23.2 Å². The van der Waals surface area contributed by atoms with Gasteiger partial charge in [-0.2, -0.15) is 0 Å². The number of halogens is 2. The van der Waals surface area contributed by atoms with Crippen molar-refractivity contribution in [2.45, 2.75) is 0 Å². The summed E-state index contributed by atoms with van der Waals surface area (Å²) in [5.41, 5.74) is 0.944. The molecule has 0 aromatic heterocycles. The lowest BCUT2D eigenvalue weighted by molar-refractivity contribution is -0.118. The van der Waals surface area contributed by atoms with Gasteiger partial charge in [-0.15, -0.1) is 0 Å². The first kappa shape index (κ1) is 11.6. The van der Waals surface area contributed by atoms with Gasteiger partial charge < -0.3 is 9.80 Å². The van der Waals surface area contributed by atoms with Crippen LogP contribution in [0.4, 0.5) is 5.69 Å². The number of nitrogens with zero attached hydrogens (tertiary/aromatic N) is 2. The van der Waals surface area contributed by atoms with Gasteiger partial charge in [0.2, 0.25) is 6.41 Å². The topological polar surface area (TPSA) is 23.6 Å². The Kier molecular flexibility index (Phi) is 3.56. The lowest BCUT2D eigenvalue weighted by Crippen LogP contribution is -2.45. The molecule has 0 bridgehead atoms. The smallest absolute Gasteiger partial charge is 0.209 e. The van der Waals surface area contributed by atoms with E-state index in [4.69, 9.17) is 23.2 Å². The Morgan fingerprint density at radius 1 is 1.12 bits per heavy atom. The zero-order chi connectivity index (χ0) is 11.5. The molecule has 0 saturated carbocycles. The second kappa shape index (κ2) is 4.93. The van der Waals surface area contributed by atoms with Gasteiger partial charge >= 0.3 is 0 Å². The van der Waals surface area contributed by atoms with Gasteiger partial charge in [0, 0.05) is 31.2 Å². The highest BCUT2D eigenvalue weighted by molar-refractivity contribution is 6.35. The van der Waals surface area contributed by atoms with Gasteiger partial charge in [0.1, 0.15) is 0 Å². The van der Waals surface area contributed by atoms with E-state index in [2.05, 4.69) is 4.90 Å². The van der Waals surface area contributed by atoms with Crippen LogP contribution in [0.1, 0.15) is 0 Å². The molecule has 2 rings (SSSR count). The average molecular weight is 259 g/mol. The molecule has 0 atom stereocenters. The molecule has 1 saturated heterocycles. The van der Waals surface area contributed by atoms with Gasteiger partial charge in [0.15, 0.2) is 0 Å². The molecule has 86 valence electrons. The number of rotatable bonds is 2. The van der Waals surface area contributed by atoms with E-state index in [1.54, 1.807) is 17.0 Å². The van der Waals surface area contributed by atoms with Crippen LogP contribution < -0.4 is 4.90 Å². The summed E-state index contributed by atoms with van der Waals surface area (Å²) in [6.07, 6.45) is 0.886. The molecule has 1 aliphatic rings.